The van der Waals surface area contributed by atoms with E-state index in [2.05, 4.69) is 15.4 Å². The van der Waals surface area contributed by atoms with Crippen molar-refractivity contribution in [3.63, 3.8) is 0 Å². The minimum absolute atomic E-state index is 0.0691. The van der Waals surface area contributed by atoms with Gasteiger partial charge >= 0.3 is 6.61 Å². The zero-order valence-electron chi connectivity index (χ0n) is 13.1. The Morgan fingerprint density at radius 3 is 2.83 bits per heavy atom. The summed E-state index contributed by atoms with van der Waals surface area (Å²) in [6.07, 6.45) is 3.07. The van der Waals surface area contributed by atoms with Gasteiger partial charge in [-0.2, -0.15) is 8.78 Å². The highest BCUT2D eigenvalue weighted by Crippen LogP contribution is 2.58. The molecule has 1 aromatic rings. The van der Waals surface area contributed by atoms with Crippen molar-refractivity contribution in [1.29, 1.82) is 0 Å². The molecule has 23 heavy (non-hydrogen) atoms. The standard InChI is InChI=1S/C17H22F2N2O2/c1-11(12-3-2-4-13(9-12)23-16(18)19)21-15(22)14-10-17(14)5-7-20-8-6-17/h2-4,9,11,14,16,20H,5-8,10H2,1H3,(H,21,22). The van der Waals surface area contributed by atoms with Gasteiger partial charge in [0.05, 0.1) is 6.04 Å². The molecule has 1 amide bonds. The zero-order chi connectivity index (χ0) is 16.4. The van der Waals surface area contributed by atoms with E-state index in [0.717, 1.165) is 37.9 Å². The van der Waals surface area contributed by atoms with Gasteiger partial charge in [0, 0.05) is 5.92 Å². The van der Waals surface area contributed by atoms with Crippen LogP contribution in [-0.4, -0.2) is 25.6 Å². The van der Waals surface area contributed by atoms with E-state index in [-0.39, 0.29) is 29.0 Å². The van der Waals surface area contributed by atoms with Gasteiger partial charge in [-0.25, -0.2) is 0 Å². The van der Waals surface area contributed by atoms with Gasteiger partial charge in [-0.05, 0) is 62.4 Å². The molecule has 126 valence electrons. The third-order valence-electron chi connectivity index (χ3n) is 5.05. The Morgan fingerprint density at radius 2 is 2.13 bits per heavy atom. The molecule has 0 radical (unpaired) electrons. The van der Waals surface area contributed by atoms with Gasteiger partial charge in [0.25, 0.3) is 0 Å². The van der Waals surface area contributed by atoms with E-state index < -0.39 is 6.61 Å². The van der Waals surface area contributed by atoms with Crippen LogP contribution < -0.4 is 15.4 Å². The molecule has 1 aliphatic heterocycles. The zero-order valence-corrected chi connectivity index (χ0v) is 13.1. The topological polar surface area (TPSA) is 50.4 Å². The molecule has 2 fully saturated rings. The number of ether oxygens (including phenoxy) is 1. The fourth-order valence-corrected chi connectivity index (χ4v) is 3.55. The van der Waals surface area contributed by atoms with Gasteiger partial charge < -0.3 is 15.4 Å². The van der Waals surface area contributed by atoms with Crippen LogP contribution >= 0.6 is 0 Å². The number of carbonyl (C=O) groups excluding carboxylic acids is 1. The number of hydrogen-bond acceptors (Lipinski definition) is 3. The summed E-state index contributed by atoms with van der Waals surface area (Å²) in [7, 11) is 0. The molecule has 2 atom stereocenters. The summed E-state index contributed by atoms with van der Waals surface area (Å²) in [5.74, 6) is 0.270. The number of halogens is 2. The number of rotatable bonds is 5. The van der Waals surface area contributed by atoms with Gasteiger partial charge in [0.1, 0.15) is 5.75 Å². The summed E-state index contributed by atoms with van der Waals surface area (Å²) in [5.41, 5.74) is 0.951. The van der Waals surface area contributed by atoms with Gasteiger partial charge in [-0.15, -0.1) is 0 Å². The number of alkyl halides is 2. The second-order valence-electron chi connectivity index (χ2n) is 6.55. The van der Waals surface area contributed by atoms with Crippen LogP contribution in [0.1, 0.15) is 37.8 Å². The van der Waals surface area contributed by atoms with Gasteiger partial charge in [-0.1, -0.05) is 12.1 Å². The number of piperidine rings is 1. The van der Waals surface area contributed by atoms with Crippen LogP contribution in [0.25, 0.3) is 0 Å². The van der Waals surface area contributed by atoms with Crippen molar-refractivity contribution in [3.8, 4) is 5.75 Å². The van der Waals surface area contributed by atoms with E-state index in [1.807, 2.05) is 6.92 Å². The molecule has 1 heterocycles. The van der Waals surface area contributed by atoms with Crippen molar-refractivity contribution in [1.82, 2.24) is 10.6 Å². The van der Waals surface area contributed by atoms with Crippen molar-refractivity contribution in [3.05, 3.63) is 29.8 Å². The minimum atomic E-state index is -2.85. The van der Waals surface area contributed by atoms with Gasteiger partial charge in [0.15, 0.2) is 0 Å². The molecule has 2 unspecified atom stereocenters. The molecule has 1 saturated carbocycles. The lowest BCUT2D eigenvalue weighted by Crippen LogP contribution is -2.34. The fourth-order valence-electron chi connectivity index (χ4n) is 3.55. The van der Waals surface area contributed by atoms with Crippen molar-refractivity contribution in [2.75, 3.05) is 13.1 Å². The molecule has 0 aromatic heterocycles. The monoisotopic (exact) mass is 324 g/mol. The van der Waals surface area contributed by atoms with Gasteiger partial charge in [0.2, 0.25) is 5.91 Å². The Morgan fingerprint density at radius 1 is 1.39 bits per heavy atom. The van der Waals surface area contributed by atoms with Gasteiger partial charge in [-0.3, -0.25) is 4.79 Å². The molecule has 1 saturated heterocycles. The Kier molecular flexibility index (Phi) is 4.53. The molecule has 6 heteroatoms. The molecule has 2 N–H and O–H groups in total. The predicted octanol–water partition coefficient (Wildman–Crippen LogP) is 2.85. The van der Waals surface area contributed by atoms with Crippen LogP contribution in [0.15, 0.2) is 24.3 Å². The second kappa shape index (κ2) is 6.43. The maximum Gasteiger partial charge on any atom is 0.387 e. The summed E-state index contributed by atoms with van der Waals surface area (Å²) in [6.45, 7) is 0.969. The summed E-state index contributed by atoms with van der Waals surface area (Å²) >= 11 is 0. The summed E-state index contributed by atoms with van der Waals surface area (Å²) in [5, 5.41) is 6.33. The van der Waals surface area contributed by atoms with Crippen LogP contribution in [0.4, 0.5) is 8.78 Å². The third-order valence-corrected chi connectivity index (χ3v) is 5.05. The van der Waals surface area contributed by atoms with Crippen LogP contribution in [0.2, 0.25) is 0 Å². The first-order valence-corrected chi connectivity index (χ1v) is 8.06. The average Bonchev–Trinajstić information content (AvgIpc) is 3.21. The summed E-state index contributed by atoms with van der Waals surface area (Å²) in [6, 6.07) is 6.25. The number of hydrogen-bond donors (Lipinski definition) is 2. The van der Waals surface area contributed by atoms with E-state index in [1.165, 1.54) is 6.07 Å². The van der Waals surface area contributed by atoms with Crippen molar-refractivity contribution < 1.29 is 18.3 Å². The molecule has 3 rings (SSSR count). The largest absolute Gasteiger partial charge is 0.435 e. The van der Waals surface area contributed by atoms with E-state index in [0.29, 0.717) is 0 Å². The molecule has 0 bridgehead atoms. The number of benzene rings is 1. The van der Waals surface area contributed by atoms with Crippen LogP contribution in [0, 0.1) is 11.3 Å². The molecule has 1 spiro atoms. The van der Waals surface area contributed by atoms with Crippen LogP contribution in [0.3, 0.4) is 0 Å². The van der Waals surface area contributed by atoms with Crippen molar-refractivity contribution in [2.45, 2.75) is 38.8 Å². The maximum absolute atomic E-state index is 12.4. The van der Waals surface area contributed by atoms with E-state index in [9.17, 15) is 13.6 Å². The lowest BCUT2D eigenvalue weighted by molar-refractivity contribution is -0.124. The Labute approximate surface area is 134 Å². The molecular weight excluding hydrogens is 302 g/mol. The van der Waals surface area contributed by atoms with Crippen LogP contribution in [-0.2, 0) is 4.79 Å². The van der Waals surface area contributed by atoms with Crippen molar-refractivity contribution >= 4 is 5.91 Å². The van der Waals surface area contributed by atoms with E-state index in [4.69, 9.17) is 0 Å². The second-order valence-corrected chi connectivity index (χ2v) is 6.55. The highest BCUT2D eigenvalue weighted by atomic mass is 19.3. The molecule has 1 aromatic carbocycles. The highest BCUT2D eigenvalue weighted by Gasteiger charge is 2.57. The lowest BCUT2D eigenvalue weighted by Gasteiger charge is -2.24. The average molecular weight is 324 g/mol. The third kappa shape index (κ3) is 3.63. The summed E-state index contributed by atoms with van der Waals surface area (Å²) < 4.78 is 29.0. The predicted molar refractivity (Wildman–Crippen MR) is 82.3 cm³/mol. The molecule has 1 aliphatic carbocycles. The smallest absolute Gasteiger partial charge is 0.387 e. The van der Waals surface area contributed by atoms with E-state index >= 15 is 0 Å². The van der Waals surface area contributed by atoms with Crippen molar-refractivity contribution in [2.24, 2.45) is 11.3 Å². The first kappa shape index (κ1) is 16.2. The number of amides is 1. The molecular formula is C17H22F2N2O2. The quantitative estimate of drug-likeness (QED) is 0.876. The Bertz CT molecular complexity index is 573. The Balaban J connectivity index is 1.59. The number of nitrogens with one attached hydrogen (secondary N) is 2. The first-order valence-electron chi connectivity index (χ1n) is 8.06. The maximum atomic E-state index is 12.4. The normalized spacial score (nSPS) is 23.6. The SMILES string of the molecule is CC(NC(=O)C1CC12CCNCC2)c1cccc(OC(F)F)c1. The number of carbonyl (C=O) groups is 1. The minimum Gasteiger partial charge on any atom is -0.435 e. The summed E-state index contributed by atoms with van der Waals surface area (Å²) in [4.78, 5) is 12.4. The first-order chi connectivity index (χ1) is 11.0. The van der Waals surface area contributed by atoms with Crippen LogP contribution in [0.5, 0.6) is 5.75 Å². The lowest BCUT2D eigenvalue weighted by atomic mass is 9.91. The Hall–Kier alpha value is -1.69. The van der Waals surface area contributed by atoms with E-state index in [1.54, 1.807) is 18.2 Å². The highest BCUT2D eigenvalue weighted by molar-refractivity contribution is 5.83. The molecule has 2 aliphatic rings. The fraction of sp³-hybridized carbons (Fsp3) is 0.588. The molecule has 4 nitrogen and oxygen atoms in total.